The van der Waals surface area contributed by atoms with E-state index in [1.807, 2.05) is 0 Å². The summed E-state index contributed by atoms with van der Waals surface area (Å²) in [4.78, 5) is 38.5. The van der Waals surface area contributed by atoms with Crippen LogP contribution in [0.1, 0.15) is 13.3 Å². The van der Waals surface area contributed by atoms with Gasteiger partial charge in [-0.3, -0.25) is 9.36 Å². The van der Waals surface area contributed by atoms with E-state index in [1.165, 1.54) is 37.5 Å². The minimum Gasteiger partial charge on any atom is -0.466 e. The molecule has 0 saturated carbocycles. The van der Waals surface area contributed by atoms with Gasteiger partial charge in [0.05, 0.1) is 41.7 Å². The van der Waals surface area contributed by atoms with E-state index in [9.17, 15) is 22.8 Å². The summed E-state index contributed by atoms with van der Waals surface area (Å²) in [5.74, 6) is -0.544. The van der Waals surface area contributed by atoms with Gasteiger partial charge in [-0.1, -0.05) is 6.08 Å². The number of allylic oxidation sites excluding steroid dienone is 1. The lowest BCUT2D eigenvalue weighted by Gasteiger charge is -2.38. The van der Waals surface area contributed by atoms with E-state index in [0.717, 1.165) is 4.57 Å². The molecule has 0 atom stereocenters. The van der Waals surface area contributed by atoms with Crippen molar-refractivity contribution < 1.29 is 22.7 Å². The third-order valence-corrected chi connectivity index (χ3v) is 6.10. The number of H-pyrrole nitrogens is 1. The molecule has 1 aromatic heterocycles. The van der Waals surface area contributed by atoms with Gasteiger partial charge in [0.15, 0.2) is 0 Å². The minimum atomic E-state index is -3.88. The summed E-state index contributed by atoms with van der Waals surface area (Å²) >= 11 is 0. The molecule has 1 saturated heterocycles. The van der Waals surface area contributed by atoms with Crippen molar-refractivity contribution in [1.82, 2.24) is 14.3 Å². The zero-order valence-corrected chi connectivity index (χ0v) is 16.7. The molecular formula is C18H21N3O7S. The number of hydrogen-bond acceptors (Lipinski definition) is 7. The zero-order chi connectivity index (χ0) is 21.2. The van der Waals surface area contributed by atoms with E-state index >= 15 is 0 Å². The third kappa shape index (κ3) is 4.47. The quantitative estimate of drug-likeness (QED) is 0.468. The van der Waals surface area contributed by atoms with Crippen molar-refractivity contribution in [2.75, 3.05) is 20.3 Å². The number of nitrogens with one attached hydrogen (secondary N) is 2. The fourth-order valence-corrected chi connectivity index (χ4v) is 4.31. The SMILES string of the molecule is COC(=O)/C=C/CCn1c(=O)[nH]c2ccc(S(=O)(=O)NC3(C)COC3)cc2c1=O. The number of methoxy groups -OCH3 is 1. The van der Waals surface area contributed by atoms with Crippen LogP contribution in [0.15, 0.2) is 44.8 Å². The standard InChI is InChI=1S/C18H21N3O7S/c1-18(10-28-11-18)20-29(25,26)12-6-7-14-13(9-12)16(23)21(17(24)19-14)8-4-3-5-15(22)27-2/h3,5-7,9,20H,4,8,10-11H2,1-2H3,(H,19,24)/b5-3+. The first-order valence-corrected chi connectivity index (χ1v) is 10.3. The van der Waals surface area contributed by atoms with E-state index < -0.39 is 32.8 Å². The van der Waals surface area contributed by atoms with Crippen molar-refractivity contribution in [3.05, 3.63) is 51.2 Å². The van der Waals surface area contributed by atoms with E-state index in [2.05, 4.69) is 14.4 Å². The molecule has 11 heteroatoms. The highest BCUT2D eigenvalue weighted by Crippen LogP contribution is 2.21. The average molecular weight is 423 g/mol. The molecule has 2 aromatic rings. The maximum atomic E-state index is 12.8. The predicted molar refractivity (Wildman–Crippen MR) is 104 cm³/mol. The normalized spacial score (nSPS) is 16.1. The summed E-state index contributed by atoms with van der Waals surface area (Å²) in [6, 6.07) is 3.94. The molecular weight excluding hydrogens is 402 g/mol. The van der Waals surface area contributed by atoms with Gasteiger partial charge in [-0.15, -0.1) is 0 Å². The van der Waals surface area contributed by atoms with Crippen LogP contribution < -0.4 is 16.0 Å². The Hall–Kier alpha value is -2.76. The van der Waals surface area contributed by atoms with Crippen molar-refractivity contribution in [2.45, 2.75) is 30.3 Å². The lowest BCUT2D eigenvalue weighted by molar-refractivity contribution is -0.134. The van der Waals surface area contributed by atoms with Gasteiger partial charge in [0.1, 0.15) is 0 Å². The second kappa shape index (κ2) is 7.93. The molecule has 1 aliphatic rings. The monoisotopic (exact) mass is 423 g/mol. The molecule has 0 bridgehead atoms. The molecule has 29 heavy (non-hydrogen) atoms. The number of aromatic nitrogens is 2. The lowest BCUT2D eigenvalue weighted by atomic mass is 10.0. The number of ether oxygens (including phenoxy) is 2. The van der Waals surface area contributed by atoms with E-state index in [0.29, 0.717) is 0 Å². The molecule has 0 spiro atoms. The first-order chi connectivity index (χ1) is 13.6. The molecule has 0 amide bonds. The van der Waals surface area contributed by atoms with Crippen LogP contribution in [-0.4, -0.2) is 49.8 Å². The van der Waals surface area contributed by atoms with Crippen LogP contribution in [0.5, 0.6) is 0 Å². The van der Waals surface area contributed by atoms with Crippen LogP contribution in [0.4, 0.5) is 0 Å². The molecule has 2 N–H and O–H groups in total. The second-order valence-corrected chi connectivity index (χ2v) is 8.65. The molecule has 0 aliphatic carbocycles. The summed E-state index contributed by atoms with van der Waals surface area (Å²) in [5, 5.41) is 0.0689. The molecule has 156 valence electrons. The zero-order valence-electron chi connectivity index (χ0n) is 15.9. The Morgan fingerprint density at radius 2 is 2.10 bits per heavy atom. The topological polar surface area (TPSA) is 137 Å². The highest BCUT2D eigenvalue weighted by Gasteiger charge is 2.37. The van der Waals surface area contributed by atoms with Crippen molar-refractivity contribution in [2.24, 2.45) is 0 Å². The summed E-state index contributed by atoms with van der Waals surface area (Å²) in [6.45, 7) is 2.27. The maximum Gasteiger partial charge on any atom is 0.330 e. The number of carbonyl (C=O) groups is 1. The second-order valence-electron chi connectivity index (χ2n) is 6.97. The van der Waals surface area contributed by atoms with Crippen LogP contribution in [-0.2, 0) is 30.8 Å². The Bertz CT molecular complexity index is 1190. The number of sulfonamides is 1. The van der Waals surface area contributed by atoms with Crippen molar-refractivity contribution >= 4 is 26.9 Å². The number of esters is 1. The van der Waals surface area contributed by atoms with Crippen molar-refractivity contribution in [1.29, 1.82) is 0 Å². The van der Waals surface area contributed by atoms with Gasteiger partial charge in [-0.05, 0) is 31.5 Å². The molecule has 2 heterocycles. The number of fused-ring (bicyclic) bond motifs is 1. The minimum absolute atomic E-state index is 0.0161. The van der Waals surface area contributed by atoms with Gasteiger partial charge in [-0.2, -0.15) is 0 Å². The summed E-state index contributed by atoms with van der Waals surface area (Å²) in [5.41, 5.74) is -1.70. The van der Waals surface area contributed by atoms with Crippen LogP contribution in [0.25, 0.3) is 10.9 Å². The van der Waals surface area contributed by atoms with Gasteiger partial charge >= 0.3 is 11.7 Å². The first-order valence-electron chi connectivity index (χ1n) is 8.78. The van der Waals surface area contributed by atoms with E-state index in [-0.39, 0.29) is 42.0 Å². The lowest BCUT2D eigenvalue weighted by Crippen LogP contribution is -2.59. The third-order valence-electron chi connectivity index (χ3n) is 4.46. The van der Waals surface area contributed by atoms with Gasteiger partial charge in [0.2, 0.25) is 10.0 Å². The Labute approximate surface area is 166 Å². The highest BCUT2D eigenvalue weighted by atomic mass is 32.2. The fraction of sp³-hybridized carbons (Fsp3) is 0.389. The van der Waals surface area contributed by atoms with E-state index in [1.54, 1.807) is 6.92 Å². The summed E-state index contributed by atoms with van der Waals surface area (Å²) < 4.78 is 38.3. The van der Waals surface area contributed by atoms with Crippen LogP contribution >= 0.6 is 0 Å². The molecule has 3 rings (SSSR count). The average Bonchev–Trinajstić information content (AvgIpc) is 2.65. The van der Waals surface area contributed by atoms with Crippen LogP contribution in [0, 0.1) is 0 Å². The summed E-state index contributed by atoms with van der Waals surface area (Å²) in [6.07, 6.45) is 2.91. The van der Waals surface area contributed by atoms with Crippen LogP contribution in [0.3, 0.4) is 0 Å². The molecule has 10 nitrogen and oxygen atoms in total. The number of aromatic amines is 1. The number of benzene rings is 1. The van der Waals surface area contributed by atoms with Gasteiger partial charge in [0, 0.05) is 12.6 Å². The number of rotatable bonds is 7. The largest absolute Gasteiger partial charge is 0.466 e. The molecule has 1 aliphatic heterocycles. The molecule has 1 aromatic carbocycles. The van der Waals surface area contributed by atoms with Crippen LogP contribution in [0.2, 0.25) is 0 Å². The van der Waals surface area contributed by atoms with Gasteiger partial charge in [0.25, 0.3) is 5.56 Å². The maximum absolute atomic E-state index is 12.8. The Morgan fingerprint density at radius 3 is 2.72 bits per heavy atom. The summed E-state index contributed by atoms with van der Waals surface area (Å²) in [7, 11) is -2.64. The number of nitrogens with zero attached hydrogens (tertiary/aromatic N) is 1. The smallest absolute Gasteiger partial charge is 0.330 e. The van der Waals surface area contributed by atoms with Gasteiger partial charge in [-0.25, -0.2) is 22.7 Å². The number of carbonyl (C=O) groups excluding carboxylic acids is 1. The number of hydrogen-bond donors (Lipinski definition) is 2. The molecule has 0 radical (unpaired) electrons. The van der Waals surface area contributed by atoms with Crippen molar-refractivity contribution in [3.63, 3.8) is 0 Å². The first kappa shape index (κ1) is 21.0. The Morgan fingerprint density at radius 1 is 1.38 bits per heavy atom. The molecule has 1 fully saturated rings. The highest BCUT2D eigenvalue weighted by molar-refractivity contribution is 7.89. The predicted octanol–water partition coefficient (Wildman–Crippen LogP) is -0.124. The fourth-order valence-electron chi connectivity index (χ4n) is 2.90. The Balaban J connectivity index is 1.93. The van der Waals surface area contributed by atoms with Crippen molar-refractivity contribution in [3.8, 4) is 0 Å². The Kier molecular flexibility index (Phi) is 5.73. The van der Waals surface area contributed by atoms with Gasteiger partial charge < -0.3 is 14.5 Å². The molecule has 0 unspecified atom stereocenters. The van der Waals surface area contributed by atoms with E-state index in [4.69, 9.17) is 4.74 Å².